The number of aliphatic carboxylic acids is 1. The number of fused-ring (bicyclic) bond motifs is 3. The standard InChI is InChI=1S/C80H103N21O19S3/c1-6-39(2)66(99-79(119)67(40(3)102)100-75(115)54(25-43-32-86-50-18-11-8-15-47(43)50)90-69(109)52(21-23-121-5)89-41(4)103)78(118)98-61-36-123-38-122-35-60(77(117)96-59(80(120)101-22-13-20-62(101)68(83)108)26-44-33-87-51-19-12-9-16-48(44)51)97-74(114)58(30-65(106)107)95-71(111)55(27-45-34-84-37-88-45)92-70(110)53(24-42-31-85-49-17-10-7-14-46(42)49)91-72(112)56(28-63(81)104)93-73(113)57(29-64(82)105)94-76(61)116/h7-12,14-19,31-34,37,39-40,52-62,66-67,85-87,102H,6,13,20-30,35-36,38H2,1-5H3,(H2,81,104)(H2,82,105)(H2,83,108)(H,84,88)(H,89,103)(H,90,109)(H,91,112)(H,92,110)(H,93,113)(H,94,116)(H,95,111)(H,96,117)(H,97,114)(H,98,118)(H,99,119)(H,100,115)(H,106,107)/t39-,40+,52-,53-,54-,55-,56-,57-,58-,59-,60-,61-,62-,66-,67-/m0/s1. The van der Waals surface area contributed by atoms with Crippen LogP contribution < -0.4 is 81.0 Å². The highest BCUT2D eigenvalue weighted by atomic mass is 32.2. The van der Waals surface area contributed by atoms with Crippen LogP contribution in [-0.2, 0) is 107 Å². The zero-order chi connectivity index (χ0) is 89.3. The van der Waals surface area contributed by atoms with Crippen molar-refractivity contribution >= 4 is 168 Å². The number of nitrogens with one attached hydrogen (secondary N) is 16. The molecule has 3 aromatic carbocycles. The van der Waals surface area contributed by atoms with Gasteiger partial charge in [0.2, 0.25) is 94.5 Å². The third kappa shape index (κ3) is 26.5. The molecule has 0 saturated carbocycles. The first-order chi connectivity index (χ1) is 58.7. The molecular weight excluding hydrogens is 1660 g/mol. The number of aliphatic hydroxyl groups excluding tert-OH is 1. The maximum Gasteiger partial charge on any atom is 0.305 e. The summed E-state index contributed by atoms with van der Waals surface area (Å²) in [6.07, 6.45) is 3.74. The summed E-state index contributed by atoms with van der Waals surface area (Å²) in [7, 11) is 0. The third-order valence-electron chi connectivity index (χ3n) is 20.9. The monoisotopic (exact) mass is 1760 g/mol. The first-order valence-electron chi connectivity index (χ1n) is 39.6. The van der Waals surface area contributed by atoms with Crippen molar-refractivity contribution in [3.05, 3.63) is 126 Å². The molecule has 0 radical (unpaired) electrons. The van der Waals surface area contributed by atoms with Crippen molar-refractivity contribution in [2.75, 3.05) is 35.1 Å². The smallest absolute Gasteiger partial charge is 0.305 e. The number of hydrogen-bond acceptors (Lipinski definition) is 22. The van der Waals surface area contributed by atoms with E-state index in [2.05, 4.69) is 88.7 Å². The van der Waals surface area contributed by atoms with Gasteiger partial charge in [0, 0.05) is 119 Å². The number of primary amides is 3. The van der Waals surface area contributed by atoms with Gasteiger partial charge in [0.1, 0.15) is 78.5 Å². The minimum atomic E-state index is -2.08. The lowest BCUT2D eigenvalue weighted by atomic mass is 9.97. The van der Waals surface area contributed by atoms with Crippen LogP contribution in [0, 0.1) is 5.92 Å². The highest BCUT2D eigenvalue weighted by Crippen LogP contribution is 2.26. The van der Waals surface area contributed by atoms with Gasteiger partial charge >= 0.3 is 5.97 Å². The topological polar surface area (TPSA) is 632 Å². The summed E-state index contributed by atoms with van der Waals surface area (Å²) in [5, 5.41) is 54.0. The van der Waals surface area contributed by atoms with Crippen LogP contribution in [0.1, 0.15) is 95.0 Å². The number of carbonyl (C=O) groups is 17. The number of H-pyrrole nitrogens is 4. The van der Waals surface area contributed by atoms with Crippen LogP contribution in [0.4, 0.5) is 0 Å². The Balaban J connectivity index is 1.08. The fraction of sp³-hybridized carbons (Fsp3) is 0.450. The van der Waals surface area contributed by atoms with Gasteiger partial charge < -0.3 is 116 Å². The number of para-hydroxylation sites is 3. The summed E-state index contributed by atoms with van der Waals surface area (Å²) in [5.41, 5.74) is 20.8. The maximum absolute atomic E-state index is 15.3. The molecule has 2 aliphatic heterocycles. The summed E-state index contributed by atoms with van der Waals surface area (Å²) < 4.78 is 0. The van der Waals surface area contributed by atoms with Gasteiger partial charge in [-0.15, -0.1) is 23.5 Å². The molecule has 2 aliphatic rings. The molecule has 43 heteroatoms. The number of imidazole rings is 1. The van der Waals surface area contributed by atoms with Crippen molar-refractivity contribution in [1.82, 2.24) is 93.6 Å². The predicted octanol–water partition coefficient (Wildman–Crippen LogP) is -2.72. The van der Waals surface area contributed by atoms with E-state index >= 15 is 24.0 Å². The highest BCUT2D eigenvalue weighted by Gasteiger charge is 2.42. The van der Waals surface area contributed by atoms with Gasteiger partial charge in [-0.3, -0.25) is 81.5 Å². The number of carbonyl (C=O) groups excluding carboxylic acids is 16. The summed E-state index contributed by atoms with van der Waals surface area (Å²) in [6.45, 7) is 5.64. The van der Waals surface area contributed by atoms with Gasteiger partial charge in [-0.2, -0.15) is 11.8 Å². The van der Waals surface area contributed by atoms with Crippen LogP contribution in [0.5, 0.6) is 0 Å². The zero-order valence-electron chi connectivity index (χ0n) is 68.0. The second-order valence-corrected chi connectivity index (χ2v) is 33.5. The molecule has 4 aromatic heterocycles. The molecule has 0 bridgehead atoms. The minimum Gasteiger partial charge on any atom is -0.481 e. The van der Waals surface area contributed by atoms with Crippen LogP contribution in [0.25, 0.3) is 32.7 Å². The average Bonchev–Trinajstić information content (AvgIpc) is 1.71. The molecule has 2 saturated heterocycles. The van der Waals surface area contributed by atoms with Crippen molar-refractivity contribution < 1.29 is 91.7 Å². The number of nitrogens with two attached hydrogens (primary N) is 3. The predicted molar refractivity (Wildman–Crippen MR) is 455 cm³/mol. The van der Waals surface area contributed by atoms with E-state index in [1.54, 1.807) is 105 Å². The Morgan fingerprint density at radius 1 is 0.569 bits per heavy atom. The Labute approximate surface area is 717 Å². The maximum atomic E-state index is 15.3. The molecule has 7 aromatic rings. The lowest BCUT2D eigenvalue weighted by Gasteiger charge is -2.30. The molecule has 660 valence electrons. The fourth-order valence-electron chi connectivity index (χ4n) is 14.3. The molecule has 2 fully saturated rings. The average molecular weight is 1760 g/mol. The van der Waals surface area contributed by atoms with Crippen molar-refractivity contribution in [3.8, 4) is 0 Å². The number of hydrogen-bond donors (Lipinski definition) is 21. The van der Waals surface area contributed by atoms with E-state index < -0.39 is 235 Å². The Hall–Kier alpha value is -12.5. The number of thioether (sulfide) groups is 3. The van der Waals surface area contributed by atoms with E-state index in [1.807, 2.05) is 0 Å². The number of benzene rings is 3. The number of carboxylic acids is 1. The normalized spacial score (nSPS) is 20.9. The van der Waals surface area contributed by atoms with E-state index in [-0.39, 0.29) is 49.4 Å². The van der Waals surface area contributed by atoms with E-state index in [1.165, 1.54) is 49.2 Å². The number of aromatic nitrogens is 5. The fourth-order valence-corrected chi connectivity index (χ4v) is 16.9. The number of rotatable bonds is 33. The largest absolute Gasteiger partial charge is 0.481 e. The van der Waals surface area contributed by atoms with Crippen LogP contribution in [0.15, 0.2) is 104 Å². The van der Waals surface area contributed by atoms with Crippen LogP contribution in [0.2, 0.25) is 0 Å². The van der Waals surface area contributed by atoms with Gasteiger partial charge in [0.05, 0.1) is 31.7 Å². The molecule has 15 atom stereocenters. The Kier molecular flexibility index (Phi) is 34.4. The lowest BCUT2D eigenvalue weighted by Crippen LogP contribution is -2.63. The first-order valence-corrected chi connectivity index (χ1v) is 43.3. The zero-order valence-corrected chi connectivity index (χ0v) is 70.4. The Morgan fingerprint density at radius 2 is 1.07 bits per heavy atom. The second kappa shape index (κ2) is 44.9. The van der Waals surface area contributed by atoms with Crippen LogP contribution in [0.3, 0.4) is 0 Å². The molecule has 6 heterocycles. The molecule has 0 spiro atoms. The van der Waals surface area contributed by atoms with Crippen molar-refractivity contribution in [3.63, 3.8) is 0 Å². The molecular formula is C80H103N21O19S3. The number of amides is 16. The SMILES string of the molecule is CC[C@H](C)[C@H](NC(=O)[C@@H](NC(=O)[C@H](Cc1c[nH]c2ccccc12)NC(=O)[C@H](CCSC)NC(C)=O)[C@@H](C)O)C(=O)N[C@H]1CSCSC[C@@H](C(=O)N[C@@H](Cc2c[nH]c3ccccc23)C(=O)N2CCC[C@H]2C(N)=O)NC(=O)[C@H](CC(=O)O)NC(=O)[C@H](Cc2cnc[nH]2)NC(=O)[C@H](Cc2c[nH]c3ccccc23)NC(=O)[C@H](CC(N)=O)NC(=O)[C@H](CC(N)=O)NC1=O. The van der Waals surface area contributed by atoms with E-state index in [0.717, 1.165) is 23.5 Å². The minimum absolute atomic E-state index is 0.0603. The Morgan fingerprint density at radius 3 is 1.59 bits per heavy atom. The number of nitrogens with zero attached hydrogens (tertiary/aromatic N) is 2. The van der Waals surface area contributed by atoms with Gasteiger partial charge in [0.15, 0.2) is 0 Å². The van der Waals surface area contributed by atoms with E-state index in [0.29, 0.717) is 61.6 Å². The molecule has 16 amide bonds. The van der Waals surface area contributed by atoms with Crippen molar-refractivity contribution in [1.29, 1.82) is 0 Å². The first kappa shape index (κ1) is 94.3. The third-order valence-corrected chi connectivity index (χ3v) is 24.0. The van der Waals surface area contributed by atoms with Crippen molar-refractivity contribution in [2.24, 2.45) is 23.1 Å². The lowest BCUT2D eigenvalue weighted by molar-refractivity contribution is -0.142. The molecule has 0 aliphatic carbocycles. The van der Waals surface area contributed by atoms with E-state index in [9.17, 15) is 67.7 Å². The number of carboxylic acid groups (broad SMARTS) is 1. The molecule has 24 N–H and O–H groups in total. The van der Waals surface area contributed by atoms with Gasteiger partial charge in [-0.1, -0.05) is 74.9 Å². The molecule has 9 rings (SSSR count). The summed E-state index contributed by atoms with van der Waals surface area (Å²) in [5.74, 6) is -20.1. The molecule has 40 nitrogen and oxygen atoms in total. The number of aromatic amines is 4. The highest BCUT2D eigenvalue weighted by molar-refractivity contribution is 8.16. The van der Waals surface area contributed by atoms with Gasteiger partial charge in [-0.25, -0.2) is 4.98 Å². The molecule has 0 unspecified atom stereocenters. The number of aliphatic hydroxyl groups is 1. The molecule has 123 heavy (non-hydrogen) atoms. The van der Waals surface area contributed by atoms with Gasteiger partial charge in [-0.05, 0) is 79.0 Å². The summed E-state index contributed by atoms with van der Waals surface area (Å²) in [4.78, 5) is 261. The summed E-state index contributed by atoms with van der Waals surface area (Å²) in [6, 6.07) is -1.18. The van der Waals surface area contributed by atoms with E-state index in [4.69, 9.17) is 17.2 Å². The van der Waals surface area contributed by atoms with Crippen molar-refractivity contribution in [2.45, 2.75) is 183 Å². The van der Waals surface area contributed by atoms with Gasteiger partial charge in [0.25, 0.3) is 0 Å². The van der Waals surface area contributed by atoms with Crippen LogP contribution in [-0.4, -0.2) is 260 Å². The number of likely N-dealkylation sites (tertiary alicyclic amines) is 1. The quantitative estimate of drug-likeness (QED) is 0.0199. The second-order valence-electron chi connectivity index (χ2n) is 30.0. The van der Waals surface area contributed by atoms with Crippen LogP contribution >= 0.6 is 35.3 Å². The summed E-state index contributed by atoms with van der Waals surface area (Å²) >= 11 is 3.16. The Bertz CT molecular complexity index is 5020.